The molecule has 14 heteroatoms. The van der Waals surface area contributed by atoms with Crippen molar-refractivity contribution in [3.8, 4) is 10.7 Å². The van der Waals surface area contributed by atoms with Crippen molar-refractivity contribution in [2.24, 2.45) is 13.0 Å². The summed E-state index contributed by atoms with van der Waals surface area (Å²) >= 11 is 1.63. The van der Waals surface area contributed by atoms with Crippen molar-refractivity contribution in [1.82, 2.24) is 39.5 Å². The van der Waals surface area contributed by atoms with E-state index in [1.54, 1.807) is 45.6 Å². The lowest BCUT2D eigenvalue weighted by molar-refractivity contribution is -0.133. The molecule has 3 N–H and O–H groups in total. The van der Waals surface area contributed by atoms with Gasteiger partial charge >= 0.3 is 0 Å². The number of carbonyl (C=O) groups is 2. The molecule has 4 aromatic rings. The molecule has 4 aromatic heterocycles. The van der Waals surface area contributed by atoms with Gasteiger partial charge in [-0.2, -0.15) is 5.10 Å². The number of nitrogens with zero attached hydrogens (tertiary/aromatic N) is 9. The van der Waals surface area contributed by atoms with E-state index in [2.05, 4.69) is 29.9 Å². The number of amides is 2. The van der Waals surface area contributed by atoms with Gasteiger partial charge in [0.05, 0.1) is 33.7 Å². The highest BCUT2D eigenvalue weighted by molar-refractivity contribution is 7.15. The summed E-state index contributed by atoms with van der Waals surface area (Å²) in [6.07, 6.45) is 7.57. The number of thiazole rings is 1. The van der Waals surface area contributed by atoms with E-state index in [0.717, 1.165) is 28.4 Å². The van der Waals surface area contributed by atoms with Crippen molar-refractivity contribution < 1.29 is 9.59 Å². The molecule has 6 rings (SSSR count). The van der Waals surface area contributed by atoms with Gasteiger partial charge in [0, 0.05) is 62.8 Å². The van der Waals surface area contributed by atoms with Crippen LogP contribution in [-0.4, -0.2) is 96.3 Å². The second kappa shape index (κ2) is 13.4. The van der Waals surface area contributed by atoms with Gasteiger partial charge in [-0.05, 0) is 63.9 Å². The van der Waals surface area contributed by atoms with E-state index in [4.69, 9.17) is 11.1 Å². The smallest absolute Gasteiger partial charge is 0.236 e. The molecule has 2 saturated heterocycles. The Labute approximate surface area is 272 Å². The number of likely N-dealkylation sites (tertiary alicyclic amines) is 2. The molecular formula is C32H39N11O2S. The summed E-state index contributed by atoms with van der Waals surface area (Å²) in [6, 6.07) is 7.07. The fourth-order valence-electron chi connectivity index (χ4n) is 6.09. The van der Waals surface area contributed by atoms with Crippen LogP contribution in [0.25, 0.3) is 10.7 Å². The number of rotatable bonds is 9. The Hall–Kier alpha value is -4.56. The van der Waals surface area contributed by atoms with E-state index in [1.165, 1.54) is 0 Å². The molecule has 240 valence electrons. The van der Waals surface area contributed by atoms with E-state index < -0.39 is 0 Å². The number of nitrogens with one attached hydrogen (secondary N) is 1. The number of aryl methyl sites for hydroxylation is 2. The van der Waals surface area contributed by atoms with Crippen LogP contribution in [-0.2, 0) is 16.6 Å². The molecule has 13 nitrogen and oxygen atoms in total. The lowest BCUT2D eigenvalue weighted by atomic mass is 9.97. The first-order valence-corrected chi connectivity index (χ1v) is 16.4. The Morgan fingerprint density at radius 3 is 2.57 bits per heavy atom. The molecule has 2 aliphatic rings. The Bertz CT molecular complexity index is 1730. The number of piperidine rings is 1. The zero-order valence-electron chi connectivity index (χ0n) is 26.4. The van der Waals surface area contributed by atoms with Crippen molar-refractivity contribution >= 4 is 40.4 Å². The van der Waals surface area contributed by atoms with Crippen LogP contribution in [0.5, 0.6) is 0 Å². The van der Waals surface area contributed by atoms with Gasteiger partial charge in [-0.15, -0.1) is 11.3 Å². The number of carbonyl (C=O) groups excluding carboxylic acids is 2. The van der Waals surface area contributed by atoms with Crippen LogP contribution in [0.1, 0.15) is 54.1 Å². The van der Waals surface area contributed by atoms with Crippen LogP contribution in [0.2, 0.25) is 0 Å². The van der Waals surface area contributed by atoms with Crippen molar-refractivity contribution in [3.05, 3.63) is 64.9 Å². The Kier molecular flexibility index (Phi) is 9.17. The third-order valence-electron chi connectivity index (χ3n) is 8.73. The summed E-state index contributed by atoms with van der Waals surface area (Å²) < 4.78 is 1.68. The normalized spacial score (nSPS) is 17.4. The Morgan fingerprint density at radius 2 is 1.87 bits per heavy atom. The molecule has 0 aromatic carbocycles. The molecule has 2 fully saturated rings. The number of aromatic nitrogens is 6. The maximum Gasteiger partial charge on any atom is 0.236 e. The maximum absolute atomic E-state index is 13.7. The molecule has 0 bridgehead atoms. The lowest BCUT2D eigenvalue weighted by Gasteiger charge is -2.32. The highest BCUT2D eigenvalue weighted by Gasteiger charge is 2.34. The zero-order chi connectivity index (χ0) is 32.4. The lowest BCUT2D eigenvalue weighted by Crippen LogP contribution is -2.44. The molecule has 2 aliphatic heterocycles. The molecule has 46 heavy (non-hydrogen) atoms. The number of pyridine rings is 2. The quantitative estimate of drug-likeness (QED) is 0.262. The molecule has 2 amide bonds. The van der Waals surface area contributed by atoms with Crippen molar-refractivity contribution in [2.45, 2.75) is 39.0 Å². The summed E-state index contributed by atoms with van der Waals surface area (Å²) in [5.41, 5.74) is 8.50. The van der Waals surface area contributed by atoms with E-state index in [0.29, 0.717) is 80.2 Å². The van der Waals surface area contributed by atoms with E-state index in [9.17, 15) is 9.59 Å². The Morgan fingerprint density at radius 1 is 1.07 bits per heavy atom. The average Bonchev–Trinajstić information content (AvgIpc) is 3.84. The minimum Gasteiger partial charge on any atom is -0.397 e. The SMILES string of the molecule is CCN(C(=O)C1CCN(CC(=O)N2CCC(c3ncc(-c4ncn(C)n4)s3)CC2)C1)c1ccc(N)c(C(=N)c2ccc(C)nc2)n1. The van der Waals surface area contributed by atoms with Gasteiger partial charge in [0.15, 0.2) is 5.82 Å². The third kappa shape index (κ3) is 6.67. The third-order valence-corrected chi connectivity index (χ3v) is 9.88. The van der Waals surface area contributed by atoms with E-state index >= 15 is 0 Å². The van der Waals surface area contributed by atoms with E-state index in [-0.39, 0.29) is 23.4 Å². The van der Waals surface area contributed by atoms with Gasteiger partial charge in [0.1, 0.15) is 17.8 Å². The van der Waals surface area contributed by atoms with Gasteiger partial charge in [-0.25, -0.2) is 15.0 Å². The van der Waals surface area contributed by atoms with Crippen LogP contribution in [0, 0.1) is 18.3 Å². The highest BCUT2D eigenvalue weighted by atomic mass is 32.1. The summed E-state index contributed by atoms with van der Waals surface area (Å²) in [5, 5.41) is 14.1. The number of nitrogens with two attached hydrogens (primary N) is 1. The number of nitrogen functional groups attached to an aromatic ring is 1. The molecule has 0 aliphatic carbocycles. The minimum atomic E-state index is -0.241. The number of hydrogen-bond acceptors (Lipinski definition) is 11. The maximum atomic E-state index is 13.7. The summed E-state index contributed by atoms with van der Waals surface area (Å²) in [7, 11) is 1.85. The molecule has 0 radical (unpaired) electrons. The minimum absolute atomic E-state index is 0.0336. The molecule has 0 saturated carbocycles. The van der Waals surface area contributed by atoms with Crippen LogP contribution >= 0.6 is 11.3 Å². The average molecular weight is 642 g/mol. The zero-order valence-corrected chi connectivity index (χ0v) is 27.2. The van der Waals surface area contributed by atoms with Crippen molar-refractivity contribution in [3.63, 3.8) is 0 Å². The monoisotopic (exact) mass is 641 g/mol. The largest absolute Gasteiger partial charge is 0.397 e. The molecule has 1 unspecified atom stereocenters. The molecule has 6 heterocycles. The number of hydrogen-bond donors (Lipinski definition) is 2. The second-order valence-corrected chi connectivity index (χ2v) is 13.0. The fourth-order valence-corrected chi connectivity index (χ4v) is 7.11. The summed E-state index contributed by atoms with van der Waals surface area (Å²) in [5.74, 6) is 1.30. The van der Waals surface area contributed by atoms with Crippen LogP contribution in [0.15, 0.2) is 43.0 Å². The first-order chi connectivity index (χ1) is 22.2. The van der Waals surface area contributed by atoms with Gasteiger partial charge in [-0.1, -0.05) is 0 Å². The van der Waals surface area contributed by atoms with E-state index in [1.807, 2.05) is 44.1 Å². The van der Waals surface area contributed by atoms with Crippen LogP contribution in [0.4, 0.5) is 11.5 Å². The predicted molar refractivity (Wildman–Crippen MR) is 177 cm³/mol. The number of anilines is 2. The first kappa shape index (κ1) is 31.4. The molecular weight excluding hydrogens is 602 g/mol. The van der Waals surface area contributed by atoms with Crippen molar-refractivity contribution in [1.29, 1.82) is 5.41 Å². The molecule has 1 atom stereocenters. The Balaban J connectivity index is 1.02. The van der Waals surface area contributed by atoms with Gasteiger partial charge in [0.2, 0.25) is 11.8 Å². The van der Waals surface area contributed by atoms with Gasteiger partial charge in [-0.3, -0.25) is 34.5 Å². The van der Waals surface area contributed by atoms with Crippen LogP contribution in [0.3, 0.4) is 0 Å². The predicted octanol–water partition coefficient (Wildman–Crippen LogP) is 3.12. The molecule has 0 spiro atoms. The highest BCUT2D eigenvalue weighted by Crippen LogP contribution is 2.34. The van der Waals surface area contributed by atoms with Crippen LogP contribution < -0.4 is 10.6 Å². The summed E-state index contributed by atoms with van der Waals surface area (Å²) in [4.78, 5) is 51.5. The first-order valence-electron chi connectivity index (χ1n) is 15.6. The van der Waals surface area contributed by atoms with Gasteiger partial charge < -0.3 is 10.6 Å². The second-order valence-electron chi connectivity index (χ2n) is 11.9. The van der Waals surface area contributed by atoms with Gasteiger partial charge in [0.25, 0.3) is 0 Å². The summed E-state index contributed by atoms with van der Waals surface area (Å²) in [6.45, 7) is 7.12. The van der Waals surface area contributed by atoms with Crippen molar-refractivity contribution in [2.75, 3.05) is 49.9 Å². The fraction of sp³-hybridized carbons (Fsp3) is 0.438. The standard InChI is InChI=1S/C32H39N11O2S/c1-4-43(26-8-7-24(33)29(38-26)28(34)22-6-5-20(2)35-15-22)32(45)23-9-12-41(17-23)18-27(44)42-13-10-21(11-14-42)31-36-16-25(46-31)30-37-19-40(3)39-30/h5-8,15-16,19,21,23,34H,4,9-14,17-18,33H2,1-3H3. The topological polar surface area (TPSA) is 163 Å².